The Bertz CT molecular complexity index is 1040. The van der Waals surface area contributed by atoms with Crippen molar-refractivity contribution < 1.29 is 22.3 Å². The highest BCUT2D eigenvalue weighted by molar-refractivity contribution is 7.89. The van der Waals surface area contributed by atoms with Crippen LogP contribution in [0.1, 0.15) is 11.5 Å². The van der Waals surface area contributed by atoms with Crippen molar-refractivity contribution in [3.63, 3.8) is 0 Å². The minimum atomic E-state index is -3.60. The van der Waals surface area contributed by atoms with Crippen molar-refractivity contribution in [2.24, 2.45) is 0 Å². The zero-order valence-electron chi connectivity index (χ0n) is 15.9. The lowest BCUT2D eigenvalue weighted by Gasteiger charge is -2.10. The third-order valence-electron chi connectivity index (χ3n) is 4.23. The molecule has 0 atom stereocenters. The van der Waals surface area contributed by atoms with Crippen molar-refractivity contribution in [3.8, 4) is 22.8 Å². The summed E-state index contributed by atoms with van der Waals surface area (Å²) >= 11 is 0. The molecule has 0 aliphatic rings. The van der Waals surface area contributed by atoms with Crippen LogP contribution in [0.15, 0.2) is 58.0 Å². The summed E-state index contributed by atoms with van der Waals surface area (Å²) in [4.78, 5) is 4.43. The lowest BCUT2D eigenvalue weighted by Crippen LogP contribution is -2.26. The lowest BCUT2D eigenvalue weighted by atomic mass is 10.1. The van der Waals surface area contributed by atoms with Gasteiger partial charge in [0.05, 0.1) is 19.1 Å². The number of nitrogens with one attached hydrogen (secondary N) is 1. The van der Waals surface area contributed by atoms with E-state index >= 15 is 0 Å². The van der Waals surface area contributed by atoms with E-state index in [1.807, 2.05) is 12.1 Å². The summed E-state index contributed by atoms with van der Waals surface area (Å²) in [7, 11) is -0.468. The standard InChI is InChI=1S/C20H22N2O5S/c1-14-22-18(13-27-14)16-5-7-17(8-6-16)28(23,24)21-11-10-15-4-9-19(25-2)20(12-15)26-3/h4-9,12-13,21H,10-11H2,1-3H3. The van der Waals surface area contributed by atoms with E-state index in [0.29, 0.717) is 29.5 Å². The van der Waals surface area contributed by atoms with Gasteiger partial charge in [0.25, 0.3) is 0 Å². The molecule has 0 fully saturated rings. The maximum absolute atomic E-state index is 12.5. The Hall–Kier alpha value is -2.84. The summed E-state index contributed by atoms with van der Waals surface area (Å²) in [5.41, 5.74) is 2.40. The van der Waals surface area contributed by atoms with E-state index in [0.717, 1.165) is 11.1 Å². The van der Waals surface area contributed by atoms with E-state index in [-0.39, 0.29) is 11.4 Å². The van der Waals surface area contributed by atoms with Crippen molar-refractivity contribution >= 4 is 10.0 Å². The van der Waals surface area contributed by atoms with Crippen molar-refractivity contribution in [2.75, 3.05) is 20.8 Å². The van der Waals surface area contributed by atoms with Gasteiger partial charge in [-0.05, 0) is 36.2 Å². The summed E-state index contributed by atoms with van der Waals surface area (Å²) in [6.45, 7) is 2.02. The van der Waals surface area contributed by atoms with E-state index in [9.17, 15) is 8.42 Å². The van der Waals surface area contributed by atoms with Crippen LogP contribution in [-0.2, 0) is 16.4 Å². The Morgan fingerprint density at radius 2 is 1.75 bits per heavy atom. The van der Waals surface area contributed by atoms with Gasteiger partial charge in [0.15, 0.2) is 17.4 Å². The first-order valence-corrected chi connectivity index (χ1v) is 10.1. The second-order valence-corrected chi connectivity index (χ2v) is 7.88. The second kappa shape index (κ2) is 8.45. The molecule has 28 heavy (non-hydrogen) atoms. The predicted molar refractivity (Wildman–Crippen MR) is 105 cm³/mol. The minimum absolute atomic E-state index is 0.198. The molecule has 3 rings (SSSR count). The molecule has 0 unspecified atom stereocenters. The number of sulfonamides is 1. The fourth-order valence-electron chi connectivity index (χ4n) is 2.75. The summed E-state index contributed by atoms with van der Waals surface area (Å²) in [5, 5.41) is 0. The number of aryl methyl sites for hydroxylation is 1. The summed E-state index contributed by atoms with van der Waals surface area (Å²) in [5.74, 6) is 1.80. The predicted octanol–water partition coefficient (Wildman–Crippen LogP) is 3.19. The van der Waals surface area contributed by atoms with Crippen LogP contribution in [0.4, 0.5) is 0 Å². The van der Waals surface area contributed by atoms with Crippen LogP contribution in [-0.4, -0.2) is 34.2 Å². The Balaban J connectivity index is 1.64. The molecule has 0 spiro atoms. The van der Waals surface area contributed by atoms with Crippen molar-refractivity contribution in [1.29, 1.82) is 0 Å². The number of ether oxygens (including phenoxy) is 2. The lowest BCUT2D eigenvalue weighted by molar-refractivity contribution is 0.354. The molecule has 0 saturated heterocycles. The number of hydrogen-bond donors (Lipinski definition) is 1. The molecule has 1 aromatic heterocycles. The molecule has 1 heterocycles. The maximum atomic E-state index is 12.5. The molecule has 1 N–H and O–H groups in total. The van der Waals surface area contributed by atoms with Gasteiger partial charge in [0, 0.05) is 19.0 Å². The van der Waals surface area contributed by atoms with Crippen LogP contribution in [0.25, 0.3) is 11.3 Å². The quantitative estimate of drug-likeness (QED) is 0.622. The molecule has 0 bridgehead atoms. The topological polar surface area (TPSA) is 90.7 Å². The number of hydrogen-bond acceptors (Lipinski definition) is 6. The van der Waals surface area contributed by atoms with Crippen LogP contribution in [0, 0.1) is 6.92 Å². The average molecular weight is 402 g/mol. The molecule has 0 saturated carbocycles. The van der Waals surface area contributed by atoms with Crippen molar-refractivity contribution in [1.82, 2.24) is 9.71 Å². The monoisotopic (exact) mass is 402 g/mol. The van der Waals surface area contributed by atoms with Gasteiger partial charge in [0.1, 0.15) is 12.0 Å². The van der Waals surface area contributed by atoms with Gasteiger partial charge < -0.3 is 13.9 Å². The first-order valence-electron chi connectivity index (χ1n) is 8.66. The van der Waals surface area contributed by atoms with Crippen LogP contribution < -0.4 is 14.2 Å². The number of benzene rings is 2. The molecule has 2 aromatic carbocycles. The van der Waals surface area contributed by atoms with Gasteiger partial charge in [-0.2, -0.15) is 0 Å². The highest BCUT2D eigenvalue weighted by Gasteiger charge is 2.14. The largest absolute Gasteiger partial charge is 0.493 e. The van der Waals surface area contributed by atoms with Crippen molar-refractivity contribution in [2.45, 2.75) is 18.2 Å². The first kappa shape index (κ1) is 19.9. The van der Waals surface area contributed by atoms with Gasteiger partial charge in [0.2, 0.25) is 10.0 Å². The first-order chi connectivity index (χ1) is 13.4. The highest BCUT2D eigenvalue weighted by Crippen LogP contribution is 2.27. The SMILES string of the molecule is COc1ccc(CCNS(=O)(=O)c2ccc(-c3coc(C)n3)cc2)cc1OC. The molecule has 0 amide bonds. The van der Waals surface area contributed by atoms with Gasteiger partial charge in [-0.25, -0.2) is 18.1 Å². The van der Waals surface area contributed by atoms with Crippen LogP contribution in [0.3, 0.4) is 0 Å². The zero-order chi connectivity index (χ0) is 20.1. The fraction of sp³-hybridized carbons (Fsp3) is 0.250. The molecule has 0 aliphatic heterocycles. The Morgan fingerprint density at radius 1 is 1.04 bits per heavy atom. The molecule has 148 valence electrons. The summed E-state index contributed by atoms with van der Waals surface area (Å²) in [6, 6.07) is 12.0. The highest BCUT2D eigenvalue weighted by atomic mass is 32.2. The molecule has 0 radical (unpaired) electrons. The van der Waals surface area contributed by atoms with Crippen LogP contribution >= 0.6 is 0 Å². The minimum Gasteiger partial charge on any atom is -0.493 e. The van der Waals surface area contributed by atoms with Crippen LogP contribution in [0.2, 0.25) is 0 Å². The number of methoxy groups -OCH3 is 2. The molecular formula is C20H22N2O5S. The third kappa shape index (κ3) is 4.52. The smallest absolute Gasteiger partial charge is 0.240 e. The van der Waals surface area contributed by atoms with Gasteiger partial charge in [-0.15, -0.1) is 0 Å². The maximum Gasteiger partial charge on any atom is 0.240 e. The fourth-order valence-corrected chi connectivity index (χ4v) is 3.78. The number of nitrogens with zero attached hydrogens (tertiary/aromatic N) is 1. The van der Waals surface area contributed by atoms with E-state index in [1.165, 1.54) is 0 Å². The van der Waals surface area contributed by atoms with Gasteiger partial charge in [-0.3, -0.25) is 0 Å². The van der Waals surface area contributed by atoms with E-state index < -0.39 is 10.0 Å². The second-order valence-electron chi connectivity index (χ2n) is 6.11. The molecule has 8 heteroatoms. The number of rotatable bonds is 8. The summed E-state index contributed by atoms with van der Waals surface area (Å²) in [6.07, 6.45) is 2.07. The third-order valence-corrected chi connectivity index (χ3v) is 5.71. The summed E-state index contributed by atoms with van der Waals surface area (Å²) < 4.78 is 43.3. The average Bonchev–Trinajstić information content (AvgIpc) is 3.14. The van der Waals surface area contributed by atoms with E-state index in [4.69, 9.17) is 13.9 Å². The molecular weight excluding hydrogens is 380 g/mol. The normalized spacial score (nSPS) is 11.4. The molecule has 0 aliphatic carbocycles. The van der Waals surface area contributed by atoms with Crippen molar-refractivity contribution in [3.05, 3.63) is 60.2 Å². The molecule has 7 nitrogen and oxygen atoms in total. The number of oxazole rings is 1. The Kier molecular flexibility index (Phi) is 6.01. The van der Waals surface area contributed by atoms with E-state index in [2.05, 4.69) is 9.71 Å². The zero-order valence-corrected chi connectivity index (χ0v) is 16.7. The number of aromatic nitrogens is 1. The molecule has 3 aromatic rings. The van der Waals surface area contributed by atoms with E-state index in [1.54, 1.807) is 57.7 Å². The van der Waals surface area contributed by atoms with Gasteiger partial charge in [-0.1, -0.05) is 18.2 Å². The Labute approximate surface area is 164 Å². The van der Waals surface area contributed by atoms with Crippen LogP contribution in [0.5, 0.6) is 11.5 Å². The van der Waals surface area contributed by atoms with Gasteiger partial charge >= 0.3 is 0 Å². The Morgan fingerprint density at radius 3 is 2.36 bits per heavy atom.